The molecule has 2 aliphatic rings. The highest BCUT2D eigenvalue weighted by atomic mass is 19.1. The summed E-state index contributed by atoms with van der Waals surface area (Å²) < 4.78 is 22.5. The number of anilines is 3. The average Bonchev–Trinajstić information content (AvgIpc) is 3.36. The van der Waals surface area contributed by atoms with Crippen molar-refractivity contribution in [3.63, 3.8) is 0 Å². The van der Waals surface area contributed by atoms with Crippen molar-refractivity contribution in [2.45, 2.75) is 39.0 Å². The van der Waals surface area contributed by atoms with Crippen molar-refractivity contribution >= 4 is 34.7 Å². The fourth-order valence-electron chi connectivity index (χ4n) is 4.74. The van der Waals surface area contributed by atoms with E-state index >= 15 is 4.39 Å². The van der Waals surface area contributed by atoms with E-state index in [2.05, 4.69) is 27.1 Å². The molecular weight excluding hydrogens is 441 g/mol. The lowest BCUT2D eigenvalue weighted by atomic mass is 10.1. The van der Waals surface area contributed by atoms with E-state index in [4.69, 9.17) is 10.5 Å². The van der Waals surface area contributed by atoms with Crippen molar-refractivity contribution in [1.82, 2.24) is 19.7 Å². The number of pyridine rings is 2. The Bertz CT molecular complexity index is 1280. The van der Waals surface area contributed by atoms with Gasteiger partial charge in [-0.2, -0.15) is 0 Å². The number of piperazine rings is 1. The third-order valence-electron chi connectivity index (χ3n) is 6.34. The Morgan fingerprint density at radius 3 is 2.91 bits per heavy atom. The normalized spacial score (nSPS) is 20.0. The second-order valence-electron chi connectivity index (χ2n) is 8.59. The molecule has 5 rings (SSSR count). The number of nitrogens with zero attached hydrogens (tertiary/aromatic N) is 5. The predicted molar refractivity (Wildman–Crippen MR) is 123 cm³/mol. The summed E-state index contributed by atoms with van der Waals surface area (Å²) in [5.41, 5.74) is 8.26. The number of fused-ring (bicyclic) bond motifs is 2. The van der Waals surface area contributed by atoms with E-state index in [0.717, 1.165) is 43.0 Å². The molecule has 2 atom stereocenters. The maximum absolute atomic E-state index is 15.3. The van der Waals surface area contributed by atoms with Gasteiger partial charge < -0.3 is 25.1 Å². The highest BCUT2D eigenvalue weighted by molar-refractivity contribution is 6.31. The summed E-state index contributed by atoms with van der Waals surface area (Å²) in [7, 11) is 0. The zero-order valence-electron chi connectivity index (χ0n) is 19.0. The molecule has 5 heterocycles. The van der Waals surface area contributed by atoms with E-state index in [-0.39, 0.29) is 12.1 Å². The standard InChI is InChI=1S/C23H26FN7O3/c1-3-14-11-29(7-6-26-14)17-4-5-27-22-15(17)8-20(34-23(33)21(25)32)31(22)18-12-30-10-13(2)28-19(30)9-16(18)24/h4-5,9-10,12,14,20,26H,3,6-8,11H2,1-2H3,(H2,25,32)/t14-,20?/m0/s1. The molecule has 1 unspecified atom stereocenters. The van der Waals surface area contributed by atoms with Crippen molar-refractivity contribution in [2.24, 2.45) is 5.73 Å². The number of nitrogens with two attached hydrogens (primary N) is 1. The van der Waals surface area contributed by atoms with E-state index in [1.165, 1.54) is 11.0 Å². The van der Waals surface area contributed by atoms with Gasteiger partial charge >= 0.3 is 11.9 Å². The number of primary amides is 1. The average molecular weight is 468 g/mol. The number of halogens is 1. The summed E-state index contributed by atoms with van der Waals surface area (Å²) in [6.07, 6.45) is 5.26. The highest BCUT2D eigenvalue weighted by Crippen LogP contribution is 2.43. The van der Waals surface area contributed by atoms with Gasteiger partial charge in [-0.15, -0.1) is 0 Å². The summed E-state index contributed by atoms with van der Waals surface area (Å²) in [6.45, 7) is 6.40. The van der Waals surface area contributed by atoms with Crippen LogP contribution in [0.3, 0.4) is 0 Å². The zero-order valence-corrected chi connectivity index (χ0v) is 19.0. The van der Waals surface area contributed by atoms with Crippen LogP contribution in [0.1, 0.15) is 24.6 Å². The number of aryl methyl sites for hydroxylation is 1. The largest absolute Gasteiger partial charge is 0.434 e. The van der Waals surface area contributed by atoms with Crippen LogP contribution in [0.15, 0.2) is 30.7 Å². The minimum absolute atomic E-state index is 0.155. The van der Waals surface area contributed by atoms with Crippen LogP contribution < -0.4 is 20.9 Å². The summed E-state index contributed by atoms with van der Waals surface area (Å²) >= 11 is 0. The van der Waals surface area contributed by atoms with Gasteiger partial charge in [0.05, 0.1) is 11.4 Å². The number of hydrogen-bond acceptors (Lipinski definition) is 8. The number of carbonyl (C=O) groups is 2. The Morgan fingerprint density at radius 1 is 1.32 bits per heavy atom. The molecule has 1 fully saturated rings. The van der Waals surface area contributed by atoms with E-state index in [1.807, 2.05) is 13.0 Å². The van der Waals surface area contributed by atoms with Crippen LogP contribution >= 0.6 is 0 Å². The van der Waals surface area contributed by atoms with Crippen LogP contribution in [-0.2, 0) is 20.7 Å². The molecule has 0 radical (unpaired) electrons. The number of rotatable bonds is 4. The molecule has 0 spiro atoms. The van der Waals surface area contributed by atoms with E-state index in [9.17, 15) is 9.59 Å². The lowest BCUT2D eigenvalue weighted by Crippen LogP contribution is -2.50. The Morgan fingerprint density at radius 2 is 2.15 bits per heavy atom. The Labute approximate surface area is 195 Å². The molecule has 3 aromatic rings. The van der Waals surface area contributed by atoms with Gasteiger partial charge in [0.25, 0.3) is 0 Å². The topological polar surface area (TPSA) is 118 Å². The number of amides is 1. The zero-order chi connectivity index (χ0) is 24.0. The minimum atomic E-state index is -1.21. The molecule has 0 bridgehead atoms. The quantitative estimate of drug-likeness (QED) is 0.437. The first-order chi connectivity index (χ1) is 16.4. The fourth-order valence-corrected chi connectivity index (χ4v) is 4.74. The fraction of sp³-hybridized carbons (Fsp3) is 0.391. The van der Waals surface area contributed by atoms with E-state index < -0.39 is 23.9 Å². The predicted octanol–water partition coefficient (Wildman–Crippen LogP) is 1.41. The smallest absolute Gasteiger partial charge is 0.398 e. The second-order valence-corrected chi connectivity index (χ2v) is 8.59. The molecule has 0 saturated carbocycles. The number of aromatic nitrogens is 3. The van der Waals surface area contributed by atoms with Gasteiger partial charge in [-0.3, -0.25) is 9.69 Å². The number of carbonyl (C=O) groups excluding carboxylic acids is 2. The van der Waals surface area contributed by atoms with Crippen LogP contribution in [0.5, 0.6) is 0 Å². The van der Waals surface area contributed by atoms with E-state index in [1.54, 1.807) is 23.0 Å². The highest BCUT2D eigenvalue weighted by Gasteiger charge is 2.39. The minimum Gasteiger partial charge on any atom is -0.434 e. The molecule has 0 aromatic carbocycles. The molecular formula is C23H26FN7O3. The van der Waals surface area contributed by atoms with Crippen molar-refractivity contribution < 1.29 is 18.7 Å². The van der Waals surface area contributed by atoms with E-state index in [0.29, 0.717) is 17.5 Å². The number of esters is 1. The van der Waals surface area contributed by atoms with Crippen LogP contribution in [0, 0.1) is 12.7 Å². The Hall–Kier alpha value is -3.73. The third kappa shape index (κ3) is 3.81. The van der Waals surface area contributed by atoms with Crippen molar-refractivity contribution in [3.05, 3.63) is 47.8 Å². The summed E-state index contributed by atoms with van der Waals surface area (Å²) in [5.74, 6) is -2.47. The molecule has 34 heavy (non-hydrogen) atoms. The number of hydrogen-bond donors (Lipinski definition) is 2. The molecule has 0 aliphatic carbocycles. The van der Waals surface area contributed by atoms with Crippen LogP contribution in [-0.4, -0.2) is 58.1 Å². The van der Waals surface area contributed by atoms with Crippen LogP contribution in [0.4, 0.5) is 21.6 Å². The van der Waals surface area contributed by atoms with Crippen molar-refractivity contribution in [2.75, 3.05) is 29.4 Å². The monoisotopic (exact) mass is 467 g/mol. The van der Waals surface area contributed by atoms with Gasteiger partial charge in [-0.1, -0.05) is 6.92 Å². The van der Waals surface area contributed by atoms with Gasteiger partial charge in [0.15, 0.2) is 12.0 Å². The first-order valence-electron chi connectivity index (χ1n) is 11.3. The maximum Gasteiger partial charge on any atom is 0.398 e. The van der Waals surface area contributed by atoms with Gasteiger partial charge in [0.1, 0.15) is 11.5 Å². The first kappa shape index (κ1) is 22.1. The van der Waals surface area contributed by atoms with Crippen LogP contribution in [0.2, 0.25) is 0 Å². The van der Waals surface area contributed by atoms with Crippen LogP contribution in [0.25, 0.3) is 5.65 Å². The summed E-state index contributed by atoms with van der Waals surface area (Å²) in [5, 5.41) is 3.50. The SMILES string of the molecule is CC[C@H]1CN(c2ccnc3c2CC(OC(=O)C(N)=O)N3c2cn3cc(C)nc3cc2F)CCN1. The number of imidazole rings is 1. The summed E-state index contributed by atoms with van der Waals surface area (Å²) in [4.78, 5) is 36.2. The van der Waals surface area contributed by atoms with Gasteiger partial charge in [0, 0.05) is 68.0 Å². The lowest BCUT2D eigenvalue weighted by Gasteiger charge is -2.35. The van der Waals surface area contributed by atoms with Gasteiger partial charge in [-0.05, 0) is 19.4 Å². The lowest BCUT2D eigenvalue weighted by molar-refractivity contribution is -0.157. The molecule has 178 valence electrons. The molecule has 2 aliphatic heterocycles. The molecule has 1 amide bonds. The molecule has 11 heteroatoms. The summed E-state index contributed by atoms with van der Waals surface area (Å²) in [6, 6.07) is 3.59. The maximum atomic E-state index is 15.3. The van der Waals surface area contributed by atoms with Crippen molar-refractivity contribution in [1.29, 1.82) is 0 Å². The molecule has 10 nitrogen and oxygen atoms in total. The number of ether oxygens (including phenoxy) is 1. The molecule has 1 saturated heterocycles. The van der Waals surface area contributed by atoms with Gasteiger partial charge in [-0.25, -0.2) is 19.2 Å². The first-order valence-corrected chi connectivity index (χ1v) is 11.3. The number of nitrogens with one attached hydrogen (secondary N) is 1. The third-order valence-corrected chi connectivity index (χ3v) is 6.34. The molecule has 3 N–H and O–H groups in total. The Kier molecular flexibility index (Phi) is 5.56. The van der Waals surface area contributed by atoms with Gasteiger partial charge in [0.2, 0.25) is 0 Å². The Balaban J connectivity index is 1.60. The second kappa shape index (κ2) is 8.56. The molecule has 3 aromatic heterocycles. The van der Waals surface area contributed by atoms with Crippen molar-refractivity contribution in [3.8, 4) is 0 Å².